The van der Waals surface area contributed by atoms with Gasteiger partial charge in [-0.25, -0.2) is 9.78 Å². The van der Waals surface area contributed by atoms with Crippen molar-refractivity contribution in [1.29, 1.82) is 0 Å². The molecule has 3 aromatic rings. The molecule has 3 aromatic heterocycles. The fourth-order valence-electron chi connectivity index (χ4n) is 3.70. The highest BCUT2D eigenvalue weighted by Crippen LogP contribution is 2.23. The topological polar surface area (TPSA) is 118 Å². The van der Waals surface area contributed by atoms with E-state index in [2.05, 4.69) is 31.9 Å². The summed E-state index contributed by atoms with van der Waals surface area (Å²) < 4.78 is 0. The van der Waals surface area contributed by atoms with E-state index in [1.165, 1.54) is 44.8 Å². The molecule has 4 rings (SSSR count). The predicted octanol–water partition coefficient (Wildman–Crippen LogP) is 1.58. The van der Waals surface area contributed by atoms with Crippen LogP contribution in [0.1, 0.15) is 32.1 Å². The van der Waals surface area contributed by atoms with Crippen LogP contribution in [0, 0.1) is 5.92 Å². The third-order valence-electron chi connectivity index (χ3n) is 5.07. The second-order valence-electron chi connectivity index (χ2n) is 7.18. The average Bonchev–Trinajstić information content (AvgIpc) is 3.12. The molecule has 1 saturated carbocycles. The fourth-order valence-corrected chi connectivity index (χ4v) is 3.70. The summed E-state index contributed by atoms with van der Waals surface area (Å²) in [6.07, 6.45) is 10.2. The van der Waals surface area contributed by atoms with Crippen LogP contribution < -0.4 is 11.2 Å². The Morgan fingerprint density at radius 3 is 2.70 bits per heavy atom. The van der Waals surface area contributed by atoms with Crippen molar-refractivity contribution in [1.82, 2.24) is 24.8 Å². The molecular weight excluding hydrogens is 346 g/mol. The molecule has 0 aliphatic heterocycles. The molecule has 0 bridgehead atoms. The van der Waals surface area contributed by atoms with Crippen molar-refractivity contribution in [2.75, 3.05) is 26.7 Å². The van der Waals surface area contributed by atoms with Gasteiger partial charge in [-0.15, -0.1) is 0 Å². The lowest BCUT2D eigenvalue weighted by Gasteiger charge is -2.26. The van der Waals surface area contributed by atoms with Gasteiger partial charge in [0.25, 0.3) is 5.56 Å². The number of fused-ring (bicyclic) bond motifs is 3. The molecule has 0 radical (unpaired) electrons. The van der Waals surface area contributed by atoms with Crippen LogP contribution in [0.25, 0.3) is 21.9 Å². The molecule has 0 saturated heterocycles. The molecular formula is C19H27N5O3. The number of aliphatic hydroxyl groups excluding tert-OH is 1. The molecule has 146 valence electrons. The number of likely N-dealkylation sites (N-methyl/N-ethyl adjacent to an activating group) is 1. The quantitative estimate of drug-likeness (QED) is 0.554. The van der Waals surface area contributed by atoms with Crippen LogP contribution >= 0.6 is 0 Å². The molecule has 0 aromatic carbocycles. The van der Waals surface area contributed by atoms with Gasteiger partial charge < -0.3 is 20.0 Å². The van der Waals surface area contributed by atoms with Gasteiger partial charge in [0.1, 0.15) is 5.65 Å². The zero-order valence-corrected chi connectivity index (χ0v) is 15.6. The standard InChI is InChI=1S/C10H21NO.C9H6N4O2/c1-11(7-8-12)9-10-5-3-2-4-6-10;14-8-5-3-11-7-4(1-2-10-7)6(5)12-9(15)13-8/h10,12H,2-9H2,1H3;1-3H,(H,10,11)(H2,12,13,14,15). The van der Waals surface area contributed by atoms with Crippen LogP contribution in [-0.2, 0) is 0 Å². The summed E-state index contributed by atoms with van der Waals surface area (Å²) in [5, 5.41) is 9.83. The van der Waals surface area contributed by atoms with Crippen LogP contribution in [0.2, 0.25) is 0 Å². The highest BCUT2D eigenvalue weighted by molar-refractivity contribution is 6.01. The molecule has 1 aliphatic rings. The van der Waals surface area contributed by atoms with Crippen molar-refractivity contribution in [2.24, 2.45) is 5.92 Å². The van der Waals surface area contributed by atoms with Gasteiger partial charge in [-0.05, 0) is 31.9 Å². The molecule has 8 heteroatoms. The van der Waals surface area contributed by atoms with E-state index in [0.29, 0.717) is 23.2 Å². The number of nitrogens with one attached hydrogen (secondary N) is 3. The van der Waals surface area contributed by atoms with Crippen LogP contribution in [0.15, 0.2) is 28.0 Å². The van der Waals surface area contributed by atoms with Crippen molar-refractivity contribution in [3.63, 3.8) is 0 Å². The molecule has 0 atom stereocenters. The lowest BCUT2D eigenvalue weighted by molar-refractivity contribution is 0.186. The minimum absolute atomic E-state index is 0.295. The monoisotopic (exact) mass is 373 g/mol. The summed E-state index contributed by atoms with van der Waals surface area (Å²) in [4.78, 5) is 36.5. The highest BCUT2D eigenvalue weighted by Gasteiger charge is 2.14. The Morgan fingerprint density at radius 2 is 1.96 bits per heavy atom. The first-order chi connectivity index (χ1) is 13.1. The number of rotatable bonds is 4. The van der Waals surface area contributed by atoms with Gasteiger partial charge in [-0.1, -0.05) is 19.3 Å². The van der Waals surface area contributed by atoms with E-state index in [1.807, 2.05) is 0 Å². The van der Waals surface area contributed by atoms with Crippen molar-refractivity contribution in [3.8, 4) is 0 Å². The third kappa shape index (κ3) is 4.84. The van der Waals surface area contributed by atoms with E-state index in [-0.39, 0.29) is 0 Å². The average molecular weight is 373 g/mol. The van der Waals surface area contributed by atoms with E-state index in [1.54, 1.807) is 12.3 Å². The number of hydrogen-bond donors (Lipinski definition) is 4. The van der Waals surface area contributed by atoms with Gasteiger partial charge in [0.05, 0.1) is 17.5 Å². The van der Waals surface area contributed by atoms with E-state index in [4.69, 9.17) is 5.11 Å². The van der Waals surface area contributed by atoms with E-state index in [0.717, 1.165) is 17.8 Å². The van der Waals surface area contributed by atoms with E-state index < -0.39 is 11.2 Å². The number of nitrogens with zero attached hydrogens (tertiary/aromatic N) is 2. The predicted molar refractivity (Wildman–Crippen MR) is 106 cm³/mol. The second-order valence-corrected chi connectivity index (χ2v) is 7.18. The minimum Gasteiger partial charge on any atom is -0.395 e. The highest BCUT2D eigenvalue weighted by atomic mass is 16.3. The maximum Gasteiger partial charge on any atom is 0.326 e. The molecule has 4 N–H and O–H groups in total. The zero-order valence-electron chi connectivity index (χ0n) is 15.6. The van der Waals surface area contributed by atoms with Gasteiger partial charge >= 0.3 is 5.69 Å². The van der Waals surface area contributed by atoms with Gasteiger partial charge in [0, 0.05) is 30.9 Å². The summed E-state index contributed by atoms with van der Waals surface area (Å²) in [5.74, 6) is 0.898. The number of aromatic amines is 3. The maximum atomic E-state index is 11.4. The summed E-state index contributed by atoms with van der Waals surface area (Å²) in [6, 6.07) is 1.76. The van der Waals surface area contributed by atoms with Gasteiger partial charge in [-0.2, -0.15) is 0 Å². The van der Waals surface area contributed by atoms with Crippen molar-refractivity contribution in [3.05, 3.63) is 39.3 Å². The Bertz CT molecular complexity index is 984. The summed E-state index contributed by atoms with van der Waals surface area (Å²) in [7, 11) is 2.10. The van der Waals surface area contributed by atoms with Crippen molar-refractivity contribution in [2.45, 2.75) is 32.1 Å². The van der Waals surface area contributed by atoms with Crippen molar-refractivity contribution < 1.29 is 5.11 Å². The Balaban J connectivity index is 0.000000161. The number of aliphatic hydroxyl groups is 1. The molecule has 0 amide bonds. The lowest BCUT2D eigenvalue weighted by atomic mass is 9.89. The Kier molecular flexibility index (Phi) is 6.41. The van der Waals surface area contributed by atoms with Crippen LogP contribution in [0.3, 0.4) is 0 Å². The van der Waals surface area contributed by atoms with Gasteiger partial charge in [-0.3, -0.25) is 9.78 Å². The normalized spacial score (nSPS) is 15.2. The Morgan fingerprint density at radius 1 is 1.19 bits per heavy atom. The first-order valence-corrected chi connectivity index (χ1v) is 9.46. The van der Waals surface area contributed by atoms with Crippen LogP contribution in [0.5, 0.6) is 0 Å². The minimum atomic E-state index is -0.513. The number of aromatic nitrogens is 4. The van der Waals surface area contributed by atoms with Gasteiger partial charge in [0.15, 0.2) is 0 Å². The van der Waals surface area contributed by atoms with Gasteiger partial charge in [0.2, 0.25) is 0 Å². The fraction of sp³-hybridized carbons (Fsp3) is 0.526. The smallest absolute Gasteiger partial charge is 0.326 e. The first kappa shape index (κ1) is 19.3. The van der Waals surface area contributed by atoms with Crippen molar-refractivity contribution >= 4 is 21.9 Å². The SMILES string of the molecule is CN(CCO)CC1CCCCC1.O=c1[nH]c(=O)c2cnc3[nH]ccc3c2[nH]1. The molecule has 0 spiro atoms. The molecule has 1 aliphatic carbocycles. The third-order valence-corrected chi connectivity index (χ3v) is 5.07. The Labute approximate surface area is 156 Å². The first-order valence-electron chi connectivity index (χ1n) is 9.46. The largest absolute Gasteiger partial charge is 0.395 e. The molecule has 3 heterocycles. The summed E-state index contributed by atoms with van der Waals surface area (Å²) in [6.45, 7) is 2.31. The van der Waals surface area contributed by atoms with E-state index in [9.17, 15) is 9.59 Å². The molecule has 8 nitrogen and oxygen atoms in total. The van der Waals surface area contributed by atoms with E-state index >= 15 is 0 Å². The second kappa shape index (κ2) is 8.96. The molecule has 27 heavy (non-hydrogen) atoms. The molecule has 1 fully saturated rings. The van der Waals surface area contributed by atoms with Crippen LogP contribution in [0.4, 0.5) is 0 Å². The maximum absolute atomic E-state index is 11.4. The Hall–Kier alpha value is -2.45. The van der Waals surface area contributed by atoms with Crippen LogP contribution in [-0.4, -0.2) is 56.7 Å². The summed E-state index contributed by atoms with van der Waals surface area (Å²) in [5.41, 5.74) is 0.212. The summed E-state index contributed by atoms with van der Waals surface area (Å²) >= 11 is 0. The zero-order chi connectivity index (χ0) is 19.2. The lowest BCUT2D eigenvalue weighted by Crippen LogP contribution is -2.29. The molecule has 0 unspecified atom stereocenters. The number of H-pyrrole nitrogens is 3. The number of pyridine rings is 1. The number of hydrogen-bond acceptors (Lipinski definition) is 5.